The minimum absolute atomic E-state index is 0.0432. The predicted molar refractivity (Wildman–Crippen MR) is 173 cm³/mol. The number of rotatable bonds is 5. The Hall–Kier alpha value is -0.870. The quantitative estimate of drug-likeness (QED) is 0.242. The lowest BCUT2D eigenvalue weighted by Gasteiger charge is -2.72. The van der Waals surface area contributed by atoms with Gasteiger partial charge in [-0.05, 0) is 130 Å². The van der Waals surface area contributed by atoms with Gasteiger partial charge in [0.05, 0.1) is 0 Å². The molecule has 0 radical (unpaired) electrons. The maximum Gasteiger partial charge on any atom is 0.302 e. The first-order valence-electron chi connectivity index (χ1n) is 18.0. The molecular formula is C38H64N2O2. The van der Waals surface area contributed by atoms with E-state index in [4.69, 9.17) is 4.74 Å². The highest BCUT2D eigenvalue weighted by Gasteiger charge is 2.69. The van der Waals surface area contributed by atoms with Crippen molar-refractivity contribution in [3.05, 3.63) is 11.1 Å². The smallest absolute Gasteiger partial charge is 0.302 e. The molecule has 4 saturated carbocycles. The van der Waals surface area contributed by atoms with Gasteiger partial charge in [0.25, 0.3) is 0 Å². The van der Waals surface area contributed by atoms with Gasteiger partial charge in [0.15, 0.2) is 0 Å². The number of esters is 1. The molecule has 0 aromatic carbocycles. The van der Waals surface area contributed by atoms with E-state index in [1.165, 1.54) is 96.9 Å². The van der Waals surface area contributed by atoms with Crippen molar-refractivity contribution in [3.8, 4) is 0 Å². The van der Waals surface area contributed by atoms with Crippen molar-refractivity contribution >= 4 is 5.97 Å². The van der Waals surface area contributed by atoms with Crippen LogP contribution in [-0.2, 0) is 9.53 Å². The zero-order valence-corrected chi connectivity index (χ0v) is 28.9. The van der Waals surface area contributed by atoms with Gasteiger partial charge < -0.3 is 14.5 Å². The number of likely N-dealkylation sites (N-methyl/N-ethyl adjacent to an activating group) is 1. The van der Waals surface area contributed by atoms with Gasteiger partial charge in [-0.25, -0.2) is 0 Å². The molecule has 5 aliphatic carbocycles. The van der Waals surface area contributed by atoms with E-state index in [0.29, 0.717) is 33.5 Å². The van der Waals surface area contributed by atoms with Crippen molar-refractivity contribution in [2.24, 2.45) is 50.7 Å². The van der Waals surface area contributed by atoms with Crippen LogP contribution in [0.2, 0.25) is 0 Å². The Balaban J connectivity index is 1.30. The van der Waals surface area contributed by atoms with E-state index in [-0.39, 0.29) is 17.5 Å². The Bertz CT molecular complexity index is 1090. The van der Waals surface area contributed by atoms with Crippen molar-refractivity contribution in [2.45, 2.75) is 132 Å². The molecule has 6 rings (SSSR count). The minimum Gasteiger partial charge on any atom is -0.462 e. The van der Waals surface area contributed by atoms with Gasteiger partial charge in [0.2, 0.25) is 0 Å². The number of nitrogens with zero attached hydrogens (tertiary/aromatic N) is 2. The minimum atomic E-state index is -0.102. The van der Waals surface area contributed by atoms with Crippen molar-refractivity contribution in [3.63, 3.8) is 0 Å². The standard InChI is InChI=1S/C38H64N2O2/c1-26(2)28-12-17-38(20-21-40-24-22-39(9)23-25-40)19-18-36(7)29(33(28)38)10-11-31-35(6)15-14-32(42-27(3)41)34(4,5)30(35)13-16-37(31,36)8/h26,29-32H,10-25H2,1-9H3/t29-,30?,31-,32+,35+,36-,37-,38-/m1/s1. The fraction of sp³-hybridized carbons (Fsp3) is 0.921. The summed E-state index contributed by atoms with van der Waals surface area (Å²) < 4.78 is 5.98. The predicted octanol–water partition coefficient (Wildman–Crippen LogP) is 8.36. The van der Waals surface area contributed by atoms with Gasteiger partial charge in [-0.15, -0.1) is 0 Å². The third-order valence-electron chi connectivity index (χ3n) is 15.6. The molecular weight excluding hydrogens is 516 g/mol. The number of fused-ring (bicyclic) bond motifs is 7. The molecule has 4 heteroatoms. The molecule has 1 heterocycles. The van der Waals surface area contributed by atoms with Crippen LogP contribution in [0.5, 0.6) is 0 Å². The van der Waals surface area contributed by atoms with Crippen molar-refractivity contribution in [1.29, 1.82) is 0 Å². The summed E-state index contributed by atoms with van der Waals surface area (Å²) in [7, 11) is 2.28. The second-order valence-electron chi connectivity index (χ2n) is 17.8. The summed E-state index contributed by atoms with van der Waals surface area (Å²) in [6.07, 6.45) is 14.7. The third-order valence-corrected chi connectivity index (χ3v) is 15.6. The molecule has 5 fully saturated rings. The molecule has 1 saturated heterocycles. The number of carbonyl (C=O) groups excluding carboxylic acids is 1. The summed E-state index contributed by atoms with van der Waals surface area (Å²) in [5.74, 6) is 2.75. The zero-order valence-electron chi connectivity index (χ0n) is 28.9. The van der Waals surface area contributed by atoms with Crippen LogP contribution in [-0.4, -0.2) is 61.6 Å². The second kappa shape index (κ2) is 10.6. The van der Waals surface area contributed by atoms with E-state index < -0.39 is 0 Å². The van der Waals surface area contributed by atoms with Gasteiger partial charge in [-0.2, -0.15) is 0 Å². The van der Waals surface area contributed by atoms with Crippen LogP contribution in [0.3, 0.4) is 0 Å². The number of ether oxygens (including phenoxy) is 1. The van der Waals surface area contributed by atoms with E-state index in [9.17, 15) is 4.79 Å². The summed E-state index contributed by atoms with van der Waals surface area (Å²) in [5, 5.41) is 0. The first-order valence-corrected chi connectivity index (χ1v) is 18.0. The molecule has 0 bridgehead atoms. The van der Waals surface area contributed by atoms with Crippen LogP contribution in [0.15, 0.2) is 11.1 Å². The van der Waals surface area contributed by atoms with Crippen LogP contribution in [0.25, 0.3) is 0 Å². The van der Waals surface area contributed by atoms with Crippen molar-refractivity contribution in [1.82, 2.24) is 9.80 Å². The van der Waals surface area contributed by atoms with Gasteiger partial charge in [-0.1, -0.05) is 59.6 Å². The molecule has 42 heavy (non-hydrogen) atoms. The van der Waals surface area contributed by atoms with Crippen LogP contribution < -0.4 is 0 Å². The van der Waals surface area contributed by atoms with E-state index in [0.717, 1.165) is 18.3 Å². The van der Waals surface area contributed by atoms with Gasteiger partial charge in [0.1, 0.15) is 6.10 Å². The maximum atomic E-state index is 12.0. The number of carbonyl (C=O) groups is 1. The maximum absolute atomic E-state index is 12.0. The van der Waals surface area contributed by atoms with E-state index in [2.05, 4.69) is 65.3 Å². The van der Waals surface area contributed by atoms with Crippen LogP contribution in [0.4, 0.5) is 0 Å². The summed E-state index contributed by atoms with van der Waals surface area (Å²) in [4.78, 5) is 17.3. The molecule has 238 valence electrons. The van der Waals surface area contributed by atoms with E-state index >= 15 is 0 Å². The van der Waals surface area contributed by atoms with Gasteiger partial charge in [-0.3, -0.25) is 4.79 Å². The van der Waals surface area contributed by atoms with Crippen LogP contribution >= 0.6 is 0 Å². The lowest BCUT2D eigenvalue weighted by Crippen LogP contribution is -2.65. The monoisotopic (exact) mass is 580 g/mol. The Kier molecular flexibility index (Phi) is 7.86. The topological polar surface area (TPSA) is 32.8 Å². The molecule has 0 amide bonds. The Morgan fingerprint density at radius 1 is 0.857 bits per heavy atom. The number of hydrogen-bond acceptors (Lipinski definition) is 4. The average Bonchev–Trinajstić information content (AvgIpc) is 3.30. The Labute approximate surface area is 258 Å². The molecule has 1 unspecified atom stereocenters. The molecule has 6 aliphatic rings. The first-order chi connectivity index (χ1) is 19.7. The third kappa shape index (κ3) is 4.52. The highest BCUT2D eigenvalue weighted by molar-refractivity contribution is 5.66. The lowest BCUT2D eigenvalue weighted by atomic mass is 9.33. The molecule has 1 aliphatic heterocycles. The normalized spacial score (nSPS) is 45.7. The molecule has 0 aromatic rings. The zero-order chi connectivity index (χ0) is 30.3. The van der Waals surface area contributed by atoms with Gasteiger partial charge >= 0.3 is 5.97 Å². The number of allylic oxidation sites excluding steroid dienone is 2. The largest absolute Gasteiger partial charge is 0.462 e. The lowest BCUT2D eigenvalue weighted by molar-refractivity contribution is -0.233. The van der Waals surface area contributed by atoms with Crippen molar-refractivity contribution in [2.75, 3.05) is 39.8 Å². The fourth-order valence-electron chi connectivity index (χ4n) is 13.0. The highest BCUT2D eigenvalue weighted by atomic mass is 16.5. The molecule has 0 spiro atoms. The van der Waals surface area contributed by atoms with E-state index in [1.807, 2.05) is 11.1 Å². The first kappa shape index (κ1) is 31.1. The molecule has 0 N–H and O–H groups in total. The summed E-state index contributed by atoms with van der Waals surface area (Å²) in [6.45, 7) is 25.9. The van der Waals surface area contributed by atoms with E-state index in [1.54, 1.807) is 6.92 Å². The molecule has 4 nitrogen and oxygen atoms in total. The highest BCUT2D eigenvalue weighted by Crippen LogP contribution is 2.77. The molecule has 0 aromatic heterocycles. The van der Waals surface area contributed by atoms with Crippen molar-refractivity contribution < 1.29 is 9.53 Å². The van der Waals surface area contributed by atoms with Crippen LogP contribution in [0.1, 0.15) is 126 Å². The second-order valence-corrected chi connectivity index (χ2v) is 17.8. The number of piperazine rings is 1. The fourth-order valence-corrected chi connectivity index (χ4v) is 13.0. The summed E-state index contributed by atoms with van der Waals surface area (Å²) >= 11 is 0. The molecule has 8 atom stereocenters. The number of hydrogen-bond donors (Lipinski definition) is 0. The summed E-state index contributed by atoms with van der Waals surface area (Å²) in [5.41, 5.74) is 5.47. The van der Waals surface area contributed by atoms with Crippen LogP contribution in [0, 0.1) is 50.7 Å². The average molecular weight is 581 g/mol. The van der Waals surface area contributed by atoms with Gasteiger partial charge in [0, 0.05) is 38.5 Å². The summed E-state index contributed by atoms with van der Waals surface area (Å²) in [6, 6.07) is 0. The Morgan fingerprint density at radius 3 is 2.24 bits per heavy atom. The SMILES string of the molecule is CC(=O)O[C@H]1CC[C@@]2(C)C(CC[C@]3(C)[C@@H]2CC[C@@H]2C4=C(C(C)C)CC[C@]4(CCN4CCN(C)CC4)CC[C@]23C)C1(C)C. The Morgan fingerprint density at radius 2 is 1.57 bits per heavy atom.